The maximum absolute atomic E-state index is 12.5. The molecule has 2 aromatic rings. The van der Waals surface area contributed by atoms with Crippen LogP contribution in [0.15, 0.2) is 60.2 Å². The van der Waals surface area contributed by atoms with Crippen LogP contribution in [0.4, 0.5) is 11.4 Å². The van der Waals surface area contributed by atoms with Crippen LogP contribution in [0.5, 0.6) is 5.75 Å². The fourth-order valence-electron chi connectivity index (χ4n) is 2.30. The maximum Gasteiger partial charge on any atom is 0.308 e. The highest BCUT2D eigenvalue weighted by molar-refractivity contribution is 6.05. The number of benzene rings is 2. The van der Waals surface area contributed by atoms with E-state index in [1.165, 1.54) is 13.0 Å². The number of anilines is 2. The molecule has 0 radical (unpaired) electrons. The van der Waals surface area contributed by atoms with Gasteiger partial charge in [0.15, 0.2) is 0 Å². The zero-order valence-electron chi connectivity index (χ0n) is 16.4. The van der Waals surface area contributed by atoms with Crippen molar-refractivity contribution in [2.75, 3.05) is 10.6 Å². The molecule has 0 heterocycles. The fourth-order valence-corrected chi connectivity index (χ4v) is 2.30. The van der Waals surface area contributed by atoms with Crippen molar-refractivity contribution in [1.82, 2.24) is 0 Å². The minimum Gasteiger partial charge on any atom is -0.427 e. The third kappa shape index (κ3) is 6.39. The molecule has 2 rings (SSSR count). The molecule has 0 unspecified atom stereocenters. The Balaban J connectivity index is 2.08. The zero-order chi connectivity index (χ0) is 20.7. The third-order valence-electron chi connectivity index (χ3n) is 4.02. The van der Waals surface area contributed by atoms with Gasteiger partial charge in [-0.05, 0) is 49.2 Å². The first-order valence-electron chi connectivity index (χ1n) is 8.93. The van der Waals surface area contributed by atoms with E-state index in [1.54, 1.807) is 48.5 Å². The molecule has 0 aliphatic heterocycles. The molecular weight excluding hydrogens is 356 g/mol. The number of carbonyl (C=O) groups is 3. The second-order valence-corrected chi connectivity index (χ2v) is 6.69. The van der Waals surface area contributed by atoms with Crippen molar-refractivity contribution in [2.45, 2.75) is 27.7 Å². The normalized spacial score (nSPS) is 11.1. The van der Waals surface area contributed by atoms with Crippen LogP contribution in [-0.2, 0) is 9.59 Å². The monoisotopic (exact) mass is 380 g/mol. The highest BCUT2D eigenvalue weighted by Crippen LogP contribution is 2.19. The lowest BCUT2D eigenvalue weighted by Crippen LogP contribution is -2.13. The predicted octanol–water partition coefficient (Wildman–Crippen LogP) is 4.41. The van der Waals surface area contributed by atoms with E-state index < -0.39 is 5.97 Å². The van der Waals surface area contributed by atoms with Gasteiger partial charge in [-0.2, -0.15) is 0 Å². The van der Waals surface area contributed by atoms with Crippen molar-refractivity contribution in [1.29, 1.82) is 0 Å². The molecule has 0 aliphatic rings. The van der Waals surface area contributed by atoms with Crippen LogP contribution >= 0.6 is 0 Å². The molecular formula is C22H24N2O4. The minimum absolute atomic E-state index is 0.219. The lowest BCUT2D eigenvalue weighted by atomic mass is 10.1. The molecule has 0 spiro atoms. The van der Waals surface area contributed by atoms with Gasteiger partial charge in [0, 0.05) is 29.9 Å². The van der Waals surface area contributed by atoms with Crippen molar-refractivity contribution >= 4 is 29.2 Å². The largest absolute Gasteiger partial charge is 0.427 e. The third-order valence-corrected chi connectivity index (χ3v) is 4.02. The van der Waals surface area contributed by atoms with Gasteiger partial charge in [-0.15, -0.1) is 0 Å². The number of hydrogen-bond donors (Lipinski definition) is 2. The molecule has 0 saturated carbocycles. The lowest BCUT2D eigenvalue weighted by molar-refractivity contribution is -0.131. The van der Waals surface area contributed by atoms with Gasteiger partial charge in [0.2, 0.25) is 5.91 Å². The molecule has 2 N–H and O–H groups in total. The van der Waals surface area contributed by atoms with Gasteiger partial charge in [-0.3, -0.25) is 14.4 Å². The molecule has 2 amide bonds. The van der Waals surface area contributed by atoms with Crippen LogP contribution in [-0.4, -0.2) is 17.8 Å². The van der Waals surface area contributed by atoms with Crippen LogP contribution < -0.4 is 15.4 Å². The molecule has 6 heteroatoms. The van der Waals surface area contributed by atoms with E-state index >= 15 is 0 Å². The first kappa shape index (κ1) is 20.9. The molecule has 0 atom stereocenters. The SMILES string of the molecule is CC(=O)Oc1cccc(C(=O)Nc2cccc(NC(=O)/C=C(\C)C(C)C)c2)c1. The number of carbonyl (C=O) groups excluding carboxylic acids is 3. The molecule has 6 nitrogen and oxygen atoms in total. The summed E-state index contributed by atoms with van der Waals surface area (Å²) in [4.78, 5) is 35.6. The number of amides is 2. The smallest absolute Gasteiger partial charge is 0.308 e. The van der Waals surface area contributed by atoms with Gasteiger partial charge in [-0.25, -0.2) is 0 Å². The summed E-state index contributed by atoms with van der Waals surface area (Å²) in [5.41, 5.74) is 2.44. The van der Waals surface area contributed by atoms with Crippen molar-refractivity contribution in [2.24, 2.45) is 5.92 Å². The Hall–Kier alpha value is -3.41. The number of nitrogens with one attached hydrogen (secondary N) is 2. The van der Waals surface area contributed by atoms with Crippen molar-refractivity contribution in [3.63, 3.8) is 0 Å². The van der Waals surface area contributed by atoms with Crippen molar-refractivity contribution in [3.8, 4) is 5.75 Å². The average Bonchev–Trinajstić information content (AvgIpc) is 2.61. The summed E-state index contributed by atoms with van der Waals surface area (Å²) in [6, 6.07) is 13.2. The summed E-state index contributed by atoms with van der Waals surface area (Å²) in [7, 11) is 0. The van der Waals surface area contributed by atoms with Crippen LogP contribution in [0.3, 0.4) is 0 Å². The Labute approximate surface area is 164 Å². The van der Waals surface area contributed by atoms with Gasteiger partial charge in [-0.1, -0.05) is 31.6 Å². The van der Waals surface area contributed by atoms with Crippen molar-refractivity contribution in [3.05, 3.63) is 65.7 Å². The number of hydrogen-bond acceptors (Lipinski definition) is 4. The predicted molar refractivity (Wildman–Crippen MR) is 109 cm³/mol. The van der Waals surface area contributed by atoms with E-state index in [9.17, 15) is 14.4 Å². The Morgan fingerprint density at radius 3 is 2.21 bits per heavy atom. The molecule has 0 bridgehead atoms. The van der Waals surface area contributed by atoms with Crippen molar-refractivity contribution < 1.29 is 19.1 Å². The van der Waals surface area contributed by atoms with E-state index in [4.69, 9.17) is 4.74 Å². The Morgan fingerprint density at radius 2 is 1.57 bits per heavy atom. The fraction of sp³-hybridized carbons (Fsp3) is 0.227. The molecule has 0 aromatic heterocycles. The Morgan fingerprint density at radius 1 is 0.929 bits per heavy atom. The number of esters is 1. The second kappa shape index (κ2) is 9.50. The quantitative estimate of drug-likeness (QED) is 0.442. The Kier molecular flexibility index (Phi) is 7.09. The van der Waals surface area contributed by atoms with E-state index in [-0.39, 0.29) is 11.8 Å². The van der Waals surface area contributed by atoms with Gasteiger partial charge < -0.3 is 15.4 Å². The summed E-state index contributed by atoms with van der Waals surface area (Å²) in [5.74, 6) is -0.438. The molecule has 28 heavy (non-hydrogen) atoms. The van der Waals surface area contributed by atoms with E-state index in [0.717, 1.165) is 5.57 Å². The van der Waals surface area contributed by atoms with Crippen LogP contribution in [0.2, 0.25) is 0 Å². The summed E-state index contributed by atoms with van der Waals surface area (Å²) in [6.45, 7) is 7.24. The summed E-state index contributed by atoms with van der Waals surface area (Å²) < 4.78 is 4.99. The van der Waals surface area contributed by atoms with Crippen LogP contribution in [0.25, 0.3) is 0 Å². The van der Waals surface area contributed by atoms with E-state index in [2.05, 4.69) is 10.6 Å². The average molecular weight is 380 g/mol. The lowest BCUT2D eigenvalue weighted by Gasteiger charge is -2.10. The standard InChI is InChI=1S/C22H24N2O4/c1-14(2)15(3)11-21(26)23-18-8-6-9-19(13-18)24-22(27)17-7-5-10-20(12-17)28-16(4)25/h5-14H,1-4H3,(H,23,26)(H,24,27)/b15-11+. The van der Waals surface area contributed by atoms with Gasteiger partial charge in [0.05, 0.1) is 0 Å². The summed E-state index contributed by atoms with van der Waals surface area (Å²) in [6.07, 6.45) is 1.57. The number of allylic oxidation sites excluding steroid dienone is 1. The summed E-state index contributed by atoms with van der Waals surface area (Å²) >= 11 is 0. The summed E-state index contributed by atoms with van der Waals surface area (Å²) in [5, 5.41) is 5.55. The highest BCUT2D eigenvalue weighted by Gasteiger charge is 2.09. The molecule has 0 saturated heterocycles. The highest BCUT2D eigenvalue weighted by atomic mass is 16.5. The van der Waals surface area contributed by atoms with Crippen LogP contribution in [0, 0.1) is 5.92 Å². The molecule has 2 aromatic carbocycles. The maximum atomic E-state index is 12.5. The number of ether oxygens (including phenoxy) is 1. The van der Waals surface area contributed by atoms with Gasteiger partial charge in [0.1, 0.15) is 5.75 Å². The van der Waals surface area contributed by atoms with E-state index in [0.29, 0.717) is 28.6 Å². The Bertz CT molecular complexity index is 916. The molecule has 0 fully saturated rings. The first-order valence-corrected chi connectivity index (χ1v) is 8.93. The molecule has 0 aliphatic carbocycles. The zero-order valence-corrected chi connectivity index (χ0v) is 16.4. The molecule has 146 valence electrons. The second-order valence-electron chi connectivity index (χ2n) is 6.69. The van der Waals surface area contributed by atoms with E-state index in [1.807, 2.05) is 20.8 Å². The number of rotatable bonds is 6. The van der Waals surface area contributed by atoms with Gasteiger partial charge >= 0.3 is 5.97 Å². The minimum atomic E-state index is -0.456. The van der Waals surface area contributed by atoms with Gasteiger partial charge in [0.25, 0.3) is 5.91 Å². The van der Waals surface area contributed by atoms with Crippen LogP contribution in [0.1, 0.15) is 38.1 Å². The first-order chi connectivity index (χ1) is 13.2. The topological polar surface area (TPSA) is 84.5 Å².